The monoisotopic (exact) mass is 488 g/mol. The van der Waals surface area contributed by atoms with E-state index in [9.17, 15) is 9.90 Å². The second-order valence-electron chi connectivity index (χ2n) is 6.78. The van der Waals surface area contributed by atoms with E-state index in [1.165, 1.54) is 44.2 Å². The van der Waals surface area contributed by atoms with E-state index in [4.69, 9.17) is 0 Å². The van der Waals surface area contributed by atoms with Gasteiger partial charge in [0.15, 0.2) is 5.96 Å². The number of hydrogen-bond acceptors (Lipinski definition) is 3. The number of aliphatic imine (C=N–C) groups is 1. The molecule has 0 bridgehead atoms. The molecule has 0 saturated heterocycles. The highest BCUT2D eigenvalue weighted by Gasteiger charge is 2.13. The zero-order valence-electron chi connectivity index (χ0n) is 16.2. The second kappa shape index (κ2) is 13.6. The van der Waals surface area contributed by atoms with Gasteiger partial charge in [0.2, 0.25) is 0 Å². The lowest BCUT2D eigenvalue weighted by Crippen LogP contribution is -2.41. The first kappa shape index (κ1) is 23.5. The Morgan fingerprint density at radius 3 is 2.44 bits per heavy atom. The summed E-state index contributed by atoms with van der Waals surface area (Å²) in [6, 6.07) is 6.23. The van der Waals surface area contributed by atoms with Crippen LogP contribution in [0.1, 0.15) is 55.8 Å². The third-order valence-corrected chi connectivity index (χ3v) is 4.69. The van der Waals surface area contributed by atoms with Crippen molar-refractivity contribution in [3.8, 4) is 5.75 Å². The fourth-order valence-corrected chi connectivity index (χ4v) is 3.28. The average Bonchev–Trinajstić information content (AvgIpc) is 3.16. The Labute approximate surface area is 179 Å². The first-order valence-electron chi connectivity index (χ1n) is 9.78. The number of phenols is 1. The number of carbonyl (C=O) groups excluding carboxylic acids is 1. The fraction of sp³-hybridized carbons (Fsp3) is 0.600. The topological polar surface area (TPSA) is 85.8 Å². The number of rotatable bonds is 9. The van der Waals surface area contributed by atoms with Crippen molar-refractivity contribution in [1.29, 1.82) is 0 Å². The first-order chi connectivity index (χ1) is 12.7. The molecule has 0 atom stereocenters. The van der Waals surface area contributed by atoms with Crippen molar-refractivity contribution in [1.82, 2.24) is 16.0 Å². The molecule has 0 unspecified atom stereocenters. The predicted octanol–water partition coefficient (Wildman–Crippen LogP) is 3.27. The van der Waals surface area contributed by atoms with Crippen LogP contribution < -0.4 is 16.0 Å². The number of phenolic OH excluding ortho intramolecular Hbond substituents is 1. The van der Waals surface area contributed by atoms with Crippen molar-refractivity contribution < 1.29 is 9.90 Å². The highest BCUT2D eigenvalue weighted by Crippen LogP contribution is 2.28. The minimum atomic E-state index is -0.148. The number of amides is 1. The molecule has 0 aliphatic heterocycles. The third kappa shape index (κ3) is 9.30. The summed E-state index contributed by atoms with van der Waals surface area (Å²) >= 11 is 0. The van der Waals surface area contributed by atoms with Gasteiger partial charge in [-0.3, -0.25) is 9.79 Å². The maximum atomic E-state index is 12.0. The lowest BCUT2D eigenvalue weighted by molar-refractivity contribution is 0.0954. The average molecular weight is 488 g/mol. The summed E-state index contributed by atoms with van der Waals surface area (Å²) in [5.41, 5.74) is 0.537. The van der Waals surface area contributed by atoms with Gasteiger partial charge >= 0.3 is 0 Å². The standard InChI is InChI=1S/C20H32N4O2.HI/c1-2-21-20(23-13-5-8-16-6-3-4-7-16)24-15-14-22-19(26)17-9-11-18(25)12-10-17;/h9-12,16,25H,2-8,13-15H2,1H3,(H,22,26)(H2,21,23,24);1H. The van der Waals surface area contributed by atoms with Crippen molar-refractivity contribution in [3.63, 3.8) is 0 Å². The molecule has 1 aromatic rings. The summed E-state index contributed by atoms with van der Waals surface area (Å²) in [4.78, 5) is 16.6. The van der Waals surface area contributed by atoms with Crippen LogP contribution in [0.15, 0.2) is 29.3 Å². The molecule has 1 aromatic carbocycles. The largest absolute Gasteiger partial charge is 0.508 e. The van der Waals surface area contributed by atoms with Crippen LogP contribution in [-0.2, 0) is 0 Å². The smallest absolute Gasteiger partial charge is 0.251 e. The lowest BCUT2D eigenvalue weighted by atomic mass is 10.0. The van der Waals surface area contributed by atoms with Gasteiger partial charge in [0, 0.05) is 31.7 Å². The van der Waals surface area contributed by atoms with Gasteiger partial charge in [0.05, 0.1) is 0 Å². The van der Waals surface area contributed by atoms with E-state index in [0.29, 0.717) is 18.7 Å². The third-order valence-electron chi connectivity index (χ3n) is 4.69. The van der Waals surface area contributed by atoms with Gasteiger partial charge in [-0.05, 0) is 49.9 Å². The number of halogens is 1. The van der Waals surface area contributed by atoms with E-state index >= 15 is 0 Å². The Bertz CT molecular complexity index is 572. The van der Waals surface area contributed by atoms with Crippen LogP contribution >= 0.6 is 24.0 Å². The summed E-state index contributed by atoms with van der Waals surface area (Å²) < 4.78 is 0. The SMILES string of the molecule is CCNC(=NCCCC1CCCC1)NCCNC(=O)c1ccc(O)cc1.I. The quantitative estimate of drug-likeness (QED) is 0.186. The molecule has 27 heavy (non-hydrogen) atoms. The molecule has 1 aliphatic rings. The van der Waals surface area contributed by atoms with Gasteiger partial charge in [-0.25, -0.2) is 0 Å². The Morgan fingerprint density at radius 2 is 1.78 bits per heavy atom. The van der Waals surface area contributed by atoms with E-state index in [0.717, 1.165) is 31.4 Å². The van der Waals surface area contributed by atoms with Gasteiger partial charge in [-0.15, -0.1) is 24.0 Å². The molecule has 4 N–H and O–H groups in total. The molecule has 0 aromatic heterocycles. The number of nitrogens with one attached hydrogen (secondary N) is 3. The molecule has 2 rings (SSSR count). The first-order valence-corrected chi connectivity index (χ1v) is 9.78. The molecule has 1 fully saturated rings. The van der Waals surface area contributed by atoms with Crippen LogP contribution in [0, 0.1) is 5.92 Å². The summed E-state index contributed by atoms with van der Waals surface area (Å²) in [5.74, 6) is 1.72. The molecule has 1 amide bonds. The maximum Gasteiger partial charge on any atom is 0.251 e. The molecular formula is C20H33IN4O2. The minimum absolute atomic E-state index is 0. The van der Waals surface area contributed by atoms with Gasteiger partial charge in [0.1, 0.15) is 5.75 Å². The van der Waals surface area contributed by atoms with Crippen molar-refractivity contribution in [2.45, 2.75) is 45.4 Å². The Morgan fingerprint density at radius 1 is 1.11 bits per heavy atom. The van der Waals surface area contributed by atoms with Crippen LogP contribution in [0.4, 0.5) is 0 Å². The van der Waals surface area contributed by atoms with E-state index in [2.05, 4.69) is 20.9 Å². The van der Waals surface area contributed by atoms with Crippen LogP contribution in [0.3, 0.4) is 0 Å². The number of nitrogens with zero attached hydrogens (tertiary/aromatic N) is 1. The molecule has 0 radical (unpaired) electrons. The van der Waals surface area contributed by atoms with Gasteiger partial charge in [-0.1, -0.05) is 25.7 Å². The molecule has 1 saturated carbocycles. The van der Waals surface area contributed by atoms with Crippen molar-refractivity contribution >= 4 is 35.8 Å². The summed E-state index contributed by atoms with van der Waals surface area (Å²) in [6.45, 7) is 4.81. The fourth-order valence-electron chi connectivity index (χ4n) is 3.28. The van der Waals surface area contributed by atoms with E-state index in [-0.39, 0.29) is 35.6 Å². The van der Waals surface area contributed by atoms with E-state index in [1.807, 2.05) is 6.92 Å². The Kier molecular flexibility index (Phi) is 11.9. The van der Waals surface area contributed by atoms with Crippen molar-refractivity contribution in [2.75, 3.05) is 26.2 Å². The molecule has 152 valence electrons. The molecule has 0 spiro atoms. The Balaban J connectivity index is 0.00000364. The molecule has 0 heterocycles. The molecule has 1 aliphatic carbocycles. The Hall–Kier alpha value is -1.51. The zero-order chi connectivity index (χ0) is 18.6. The van der Waals surface area contributed by atoms with Gasteiger partial charge < -0.3 is 21.1 Å². The summed E-state index contributed by atoms with van der Waals surface area (Å²) in [5, 5.41) is 18.6. The zero-order valence-corrected chi connectivity index (χ0v) is 18.5. The number of carbonyl (C=O) groups is 1. The number of aromatic hydroxyl groups is 1. The van der Waals surface area contributed by atoms with Crippen LogP contribution in [0.25, 0.3) is 0 Å². The van der Waals surface area contributed by atoms with Crippen molar-refractivity contribution in [2.24, 2.45) is 10.9 Å². The predicted molar refractivity (Wildman–Crippen MR) is 121 cm³/mol. The molecule has 6 nitrogen and oxygen atoms in total. The van der Waals surface area contributed by atoms with Crippen molar-refractivity contribution in [3.05, 3.63) is 29.8 Å². The normalized spacial score (nSPS) is 14.5. The maximum absolute atomic E-state index is 12.0. The second-order valence-corrected chi connectivity index (χ2v) is 6.78. The number of benzene rings is 1. The highest BCUT2D eigenvalue weighted by molar-refractivity contribution is 14.0. The van der Waals surface area contributed by atoms with Gasteiger partial charge in [-0.2, -0.15) is 0 Å². The minimum Gasteiger partial charge on any atom is -0.508 e. The summed E-state index contributed by atoms with van der Waals surface area (Å²) in [6.07, 6.45) is 8.00. The van der Waals surface area contributed by atoms with E-state index < -0.39 is 0 Å². The number of guanidine groups is 1. The number of hydrogen-bond donors (Lipinski definition) is 4. The highest BCUT2D eigenvalue weighted by atomic mass is 127. The summed E-state index contributed by atoms with van der Waals surface area (Å²) in [7, 11) is 0. The lowest BCUT2D eigenvalue weighted by Gasteiger charge is -2.12. The van der Waals surface area contributed by atoms with Crippen LogP contribution in [0.5, 0.6) is 5.75 Å². The van der Waals surface area contributed by atoms with Gasteiger partial charge in [0.25, 0.3) is 5.91 Å². The molecular weight excluding hydrogens is 455 g/mol. The van der Waals surface area contributed by atoms with Crippen LogP contribution in [-0.4, -0.2) is 43.2 Å². The van der Waals surface area contributed by atoms with Crippen LogP contribution in [0.2, 0.25) is 0 Å². The van der Waals surface area contributed by atoms with E-state index in [1.54, 1.807) is 12.1 Å². The molecule has 7 heteroatoms.